The van der Waals surface area contributed by atoms with E-state index < -0.39 is 0 Å². The molecule has 0 spiro atoms. The topological polar surface area (TPSA) is 58.6 Å². The van der Waals surface area contributed by atoms with Gasteiger partial charge >= 0.3 is 0 Å². The lowest BCUT2D eigenvalue weighted by atomic mass is 10.0. The molecule has 0 aromatic heterocycles. The van der Waals surface area contributed by atoms with Gasteiger partial charge in [0.1, 0.15) is 0 Å². The Bertz CT molecular complexity index is 318. The van der Waals surface area contributed by atoms with E-state index >= 15 is 0 Å². The van der Waals surface area contributed by atoms with Gasteiger partial charge in [0.05, 0.1) is 0 Å². The summed E-state index contributed by atoms with van der Waals surface area (Å²) in [5, 5.41) is 11.4. The number of amidine groups is 1. The van der Waals surface area contributed by atoms with Crippen molar-refractivity contribution in [3.8, 4) is 0 Å². The molecule has 0 fully saturated rings. The molecule has 0 bridgehead atoms. The normalized spacial score (nSPS) is 12.1. The maximum Gasteiger partial charge on any atom is 0.170 e. The minimum absolute atomic E-state index is 0.155. The first-order chi connectivity index (χ1) is 6.15. The van der Waals surface area contributed by atoms with E-state index in [1.54, 1.807) is 0 Å². The predicted octanol–water partition coefficient (Wildman–Crippen LogP) is 1.90. The summed E-state index contributed by atoms with van der Waals surface area (Å²) < 4.78 is 0. The Morgan fingerprint density at radius 2 is 2.15 bits per heavy atom. The van der Waals surface area contributed by atoms with Crippen molar-refractivity contribution in [1.29, 1.82) is 0 Å². The first-order valence-corrected chi connectivity index (χ1v) is 4.23. The highest BCUT2D eigenvalue weighted by Gasteiger charge is 2.02. The Kier molecular flexibility index (Phi) is 2.90. The van der Waals surface area contributed by atoms with Gasteiger partial charge in [-0.15, -0.1) is 0 Å². The van der Waals surface area contributed by atoms with Gasteiger partial charge in [-0.1, -0.05) is 37.2 Å². The fourth-order valence-corrected chi connectivity index (χ4v) is 1.11. The fraction of sp³-hybridized carbons (Fsp3) is 0.300. The van der Waals surface area contributed by atoms with Gasteiger partial charge in [0.25, 0.3) is 0 Å². The van der Waals surface area contributed by atoms with Crippen LogP contribution in [-0.4, -0.2) is 11.0 Å². The van der Waals surface area contributed by atoms with Gasteiger partial charge in [0.15, 0.2) is 5.84 Å². The van der Waals surface area contributed by atoms with E-state index in [2.05, 4.69) is 19.0 Å². The standard InChI is InChI=1S/C10H14N2O/c1-7(2)8-4-3-5-9(6-8)10(11)12-13/h3-7,13H,1-2H3,(H2,11,12). The number of oxime groups is 1. The molecule has 0 aliphatic heterocycles. The van der Waals surface area contributed by atoms with Crippen LogP contribution >= 0.6 is 0 Å². The van der Waals surface area contributed by atoms with E-state index in [-0.39, 0.29) is 5.84 Å². The molecule has 3 N–H and O–H groups in total. The fourth-order valence-electron chi connectivity index (χ4n) is 1.11. The third kappa shape index (κ3) is 2.21. The zero-order valence-corrected chi connectivity index (χ0v) is 7.86. The molecule has 13 heavy (non-hydrogen) atoms. The summed E-state index contributed by atoms with van der Waals surface area (Å²) in [6, 6.07) is 7.68. The molecule has 0 atom stereocenters. The van der Waals surface area contributed by atoms with Gasteiger partial charge < -0.3 is 10.9 Å². The maximum absolute atomic E-state index is 8.48. The van der Waals surface area contributed by atoms with Gasteiger partial charge in [0.2, 0.25) is 0 Å². The van der Waals surface area contributed by atoms with Crippen molar-refractivity contribution in [1.82, 2.24) is 0 Å². The Morgan fingerprint density at radius 3 is 2.69 bits per heavy atom. The molecule has 3 nitrogen and oxygen atoms in total. The Balaban J connectivity index is 3.05. The lowest BCUT2D eigenvalue weighted by Gasteiger charge is -2.06. The average Bonchev–Trinajstić information content (AvgIpc) is 2.17. The second-order valence-corrected chi connectivity index (χ2v) is 3.27. The lowest BCUT2D eigenvalue weighted by Crippen LogP contribution is -2.13. The molecule has 0 radical (unpaired) electrons. The molecule has 70 valence electrons. The van der Waals surface area contributed by atoms with E-state index in [0.29, 0.717) is 5.92 Å². The summed E-state index contributed by atoms with van der Waals surface area (Å²) in [6.45, 7) is 4.21. The largest absolute Gasteiger partial charge is 0.409 e. The summed E-state index contributed by atoms with van der Waals surface area (Å²) >= 11 is 0. The number of nitrogens with two attached hydrogens (primary N) is 1. The number of benzene rings is 1. The highest BCUT2D eigenvalue weighted by molar-refractivity contribution is 5.97. The first kappa shape index (κ1) is 9.58. The van der Waals surface area contributed by atoms with Crippen LogP contribution in [0.4, 0.5) is 0 Å². The summed E-state index contributed by atoms with van der Waals surface area (Å²) in [6.07, 6.45) is 0. The number of rotatable bonds is 2. The summed E-state index contributed by atoms with van der Waals surface area (Å²) in [7, 11) is 0. The van der Waals surface area contributed by atoms with Crippen LogP contribution in [0.2, 0.25) is 0 Å². The molecule has 0 aliphatic rings. The molecule has 0 saturated carbocycles. The first-order valence-electron chi connectivity index (χ1n) is 4.23. The lowest BCUT2D eigenvalue weighted by molar-refractivity contribution is 0.318. The zero-order valence-electron chi connectivity index (χ0n) is 7.86. The van der Waals surface area contributed by atoms with Crippen LogP contribution in [0.15, 0.2) is 29.4 Å². The smallest absolute Gasteiger partial charge is 0.170 e. The quantitative estimate of drug-likeness (QED) is 0.314. The third-order valence-corrected chi connectivity index (χ3v) is 1.96. The molecule has 1 aromatic carbocycles. The molecular weight excluding hydrogens is 164 g/mol. The molecule has 0 heterocycles. The van der Waals surface area contributed by atoms with Gasteiger partial charge in [-0.05, 0) is 17.5 Å². The van der Waals surface area contributed by atoms with Crippen LogP contribution in [0.1, 0.15) is 30.9 Å². The maximum atomic E-state index is 8.48. The van der Waals surface area contributed by atoms with Crippen LogP contribution in [0.5, 0.6) is 0 Å². The number of nitrogens with zero attached hydrogens (tertiary/aromatic N) is 1. The van der Waals surface area contributed by atoms with E-state index in [4.69, 9.17) is 10.9 Å². The molecule has 0 aliphatic carbocycles. The molecule has 3 heteroatoms. The SMILES string of the molecule is CC(C)c1cccc(C(N)=NO)c1. The Morgan fingerprint density at radius 1 is 1.46 bits per heavy atom. The van der Waals surface area contributed by atoms with E-state index in [1.165, 1.54) is 5.56 Å². The van der Waals surface area contributed by atoms with Crippen molar-refractivity contribution >= 4 is 5.84 Å². The monoisotopic (exact) mass is 178 g/mol. The van der Waals surface area contributed by atoms with Crippen molar-refractivity contribution in [2.24, 2.45) is 10.9 Å². The van der Waals surface area contributed by atoms with Crippen LogP contribution in [0.3, 0.4) is 0 Å². The highest BCUT2D eigenvalue weighted by Crippen LogP contribution is 2.15. The second-order valence-electron chi connectivity index (χ2n) is 3.27. The highest BCUT2D eigenvalue weighted by atomic mass is 16.4. The third-order valence-electron chi connectivity index (χ3n) is 1.96. The minimum Gasteiger partial charge on any atom is -0.409 e. The van der Waals surface area contributed by atoms with Crippen LogP contribution in [0.25, 0.3) is 0 Å². The van der Waals surface area contributed by atoms with Gasteiger partial charge in [-0.3, -0.25) is 0 Å². The van der Waals surface area contributed by atoms with Crippen molar-refractivity contribution in [2.45, 2.75) is 19.8 Å². The number of hydrogen-bond acceptors (Lipinski definition) is 2. The van der Waals surface area contributed by atoms with Crippen molar-refractivity contribution in [3.63, 3.8) is 0 Å². The summed E-state index contributed by atoms with van der Waals surface area (Å²) in [4.78, 5) is 0. The summed E-state index contributed by atoms with van der Waals surface area (Å²) in [5.74, 6) is 0.606. The minimum atomic E-state index is 0.155. The Labute approximate surface area is 77.9 Å². The van der Waals surface area contributed by atoms with Crippen LogP contribution in [-0.2, 0) is 0 Å². The second kappa shape index (κ2) is 3.94. The molecular formula is C10H14N2O. The van der Waals surface area contributed by atoms with Crippen LogP contribution in [0, 0.1) is 0 Å². The summed E-state index contributed by atoms with van der Waals surface area (Å²) in [5.41, 5.74) is 7.41. The predicted molar refractivity (Wildman–Crippen MR) is 53.0 cm³/mol. The van der Waals surface area contributed by atoms with Gasteiger partial charge in [-0.2, -0.15) is 0 Å². The van der Waals surface area contributed by atoms with Crippen molar-refractivity contribution in [3.05, 3.63) is 35.4 Å². The number of hydrogen-bond donors (Lipinski definition) is 2. The van der Waals surface area contributed by atoms with Gasteiger partial charge in [0, 0.05) is 5.56 Å². The van der Waals surface area contributed by atoms with Gasteiger partial charge in [-0.25, -0.2) is 0 Å². The molecule has 1 aromatic rings. The van der Waals surface area contributed by atoms with E-state index in [0.717, 1.165) is 5.56 Å². The Hall–Kier alpha value is -1.51. The van der Waals surface area contributed by atoms with E-state index in [9.17, 15) is 0 Å². The van der Waals surface area contributed by atoms with E-state index in [1.807, 2.05) is 24.3 Å². The average molecular weight is 178 g/mol. The van der Waals surface area contributed by atoms with Crippen LogP contribution < -0.4 is 5.73 Å². The molecule has 0 unspecified atom stereocenters. The molecule has 0 saturated heterocycles. The molecule has 1 rings (SSSR count). The van der Waals surface area contributed by atoms with Crippen molar-refractivity contribution in [2.75, 3.05) is 0 Å². The molecule has 0 amide bonds. The zero-order chi connectivity index (χ0) is 9.84. The van der Waals surface area contributed by atoms with Crippen molar-refractivity contribution < 1.29 is 5.21 Å².